The molecule has 4 aliphatic rings. The summed E-state index contributed by atoms with van der Waals surface area (Å²) >= 11 is 4.78. The lowest BCUT2D eigenvalue weighted by Gasteiger charge is -2.28. The highest BCUT2D eigenvalue weighted by Crippen LogP contribution is 2.72. The Labute approximate surface area is 177 Å². The fraction of sp³-hybridized carbons (Fsp3) is 0.650. The van der Waals surface area contributed by atoms with Gasteiger partial charge >= 0.3 is 0 Å². The van der Waals surface area contributed by atoms with Gasteiger partial charge in [-0.1, -0.05) is 23.5 Å². The van der Waals surface area contributed by atoms with Gasteiger partial charge in [0, 0.05) is 6.54 Å². The van der Waals surface area contributed by atoms with Crippen molar-refractivity contribution in [2.45, 2.75) is 25.7 Å². The molecule has 2 heterocycles. The molecule has 0 aromatic carbocycles. The summed E-state index contributed by atoms with van der Waals surface area (Å²) in [6.07, 6.45) is 10.5. The van der Waals surface area contributed by atoms with Gasteiger partial charge in [-0.15, -0.1) is 0 Å². The zero-order valence-corrected chi connectivity index (χ0v) is 18.0. The molecule has 150 valence electrons. The summed E-state index contributed by atoms with van der Waals surface area (Å²) < 4.78 is 0.880. The molecule has 6 nitrogen and oxygen atoms in total. The minimum Gasteiger partial charge on any atom is -0.356 e. The summed E-state index contributed by atoms with van der Waals surface area (Å²) in [7, 11) is 0. The maximum Gasteiger partial charge on any atom is 0.230 e. The van der Waals surface area contributed by atoms with Crippen LogP contribution in [0.5, 0.6) is 0 Å². The Morgan fingerprint density at radius 3 is 2.46 bits per heavy atom. The maximum atomic E-state index is 13.2. The molecule has 8 heteroatoms. The number of piperidine rings is 1. The average Bonchev–Trinajstić information content (AvgIpc) is 3.20. The number of amides is 2. The topological polar surface area (TPSA) is 83.1 Å². The second kappa shape index (κ2) is 7.22. The zero-order valence-electron chi connectivity index (χ0n) is 15.6. The molecule has 2 amide bonds. The molecule has 3 fully saturated rings. The largest absolute Gasteiger partial charge is 0.356 e. The molecule has 1 aliphatic heterocycles. The van der Waals surface area contributed by atoms with Crippen molar-refractivity contribution in [1.29, 1.82) is 0 Å². The molecule has 5 rings (SSSR count). The molecule has 1 aromatic rings. The molecule has 4 atom stereocenters. The minimum atomic E-state index is -0.298. The van der Waals surface area contributed by atoms with Crippen LogP contribution in [0.4, 0.5) is 5.13 Å². The van der Waals surface area contributed by atoms with Gasteiger partial charge in [-0.05, 0) is 77.9 Å². The Kier molecular flexibility index (Phi) is 4.83. The molecule has 2 bridgehead atoms. The number of aromatic nitrogens is 1. The van der Waals surface area contributed by atoms with Crippen LogP contribution in [0.1, 0.15) is 25.7 Å². The number of hydrogen-bond acceptors (Lipinski definition) is 5. The quantitative estimate of drug-likeness (QED) is 0.585. The van der Waals surface area contributed by atoms with Crippen LogP contribution < -0.4 is 16.0 Å². The predicted molar refractivity (Wildman–Crippen MR) is 112 cm³/mol. The standard InChI is InChI=1S/C20H25BrN4O2S/c21-14-10-24-19(28-14)25-18(27)16-13-2-1-12(20(13)5-6-20)15(16)17(26)23-9-11-3-7-22-8-4-11/h1-2,10-13,15-16,22H,3-9H2,(H,23,26)(H,24,25,27)/t12-,13+,15-,16-/m1/s1. The zero-order chi connectivity index (χ0) is 19.3. The van der Waals surface area contributed by atoms with Crippen LogP contribution in [0.3, 0.4) is 0 Å². The van der Waals surface area contributed by atoms with Crippen LogP contribution in [-0.4, -0.2) is 36.4 Å². The molecular weight excluding hydrogens is 440 g/mol. The number of allylic oxidation sites excluding steroid dienone is 2. The van der Waals surface area contributed by atoms with Gasteiger partial charge in [0.1, 0.15) is 0 Å². The number of carbonyl (C=O) groups excluding carboxylic acids is 2. The van der Waals surface area contributed by atoms with Gasteiger partial charge in [-0.3, -0.25) is 9.59 Å². The number of hydrogen-bond donors (Lipinski definition) is 3. The van der Waals surface area contributed by atoms with Crippen molar-refractivity contribution < 1.29 is 9.59 Å². The monoisotopic (exact) mass is 464 g/mol. The fourth-order valence-corrected chi connectivity index (χ4v) is 6.77. The Morgan fingerprint density at radius 2 is 1.86 bits per heavy atom. The molecule has 3 aliphatic carbocycles. The van der Waals surface area contributed by atoms with E-state index in [9.17, 15) is 9.59 Å². The van der Waals surface area contributed by atoms with Crippen molar-refractivity contribution in [3.05, 3.63) is 22.1 Å². The van der Waals surface area contributed by atoms with E-state index in [0.29, 0.717) is 11.0 Å². The van der Waals surface area contributed by atoms with E-state index in [4.69, 9.17) is 0 Å². The normalized spacial score (nSPS) is 32.6. The first kappa shape index (κ1) is 18.8. The highest BCUT2D eigenvalue weighted by atomic mass is 79.9. The van der Waals surface area contributed by atoms with E-state index in [1.807, 2.05) is 0 Å². The van der Waals surface area contributed by atoms with E-state index in [0.717, 1.165) is 49.1 Å². The Balaban J connectivity index is 1.31. The van der Waals surface area contributed by atoms with Crippen molar-refractivity contribution in [3.63, 3.8) is 0 Å². The molecule has 0 unspecified atom stereocenters. The third kappa shape index (κ3) is 3.13. The summed E-state index contributed by atoms with van der Waals surface area (Å²) in [6, 6.07) is 0. The number of rotatable bonds is 5. The summed E-state index contributed by atoms with van der Waals surface area (Å²) in [5, 5.41) is 10.1. The fourth-order valence-electron chi connectivity index (χ4n) is 5.66. The maximum absolute atomic E-state index is 13.2. The number of anilines is 1. The van der Waals surface area contributed by atoms with Crippen molar-refractivity contribution in [3.8, 4) is 0 Å². The highest BCUT2D eigenvalue weighted by molar-refractivity contribution is 9.11. The van der Waals surface area contributed by atoms with Crippen LogP contribution in [0.25, 0.3) is 0 Å². The van der Waals surface area contributed by atoms with E-state index >= 15 is 0 Å². The van der Waals surface area contributed by atoms with Crippen LogP contribution in [0, 0.1) is 35.0 Å². The molecule has 0 radical (unpaired) electrons. The molecular formula is C20H25BrN4O2S. The van der Waals surface area contributed by atoms with E-state index in [2.05, 4.69) is 49.0 Å². The third-order valence-electron chi connectivity index (χ3n) is 7.18. The first-order valence-electron chi connectivity index (χ1n) is 10.2. The van der Waals surface area contributed by atoms with Crippen molar-refractivity contribution in [1.82, 2.24) is 15.6 Å². The SMILES string of the molecule is O=C(NCC1CCNCC1)[C@H]1[C@H](C(=O)Nc2ncc(Br)s2)[C@@H]2C=C[C@H]1C21CC1. The van der Waals surface area contributed by atoms with Crippen molar-refractivity contribution >= 4 is 44.2 Å². The van der Waals surface area contributed by atoms with Gasteiger partial charge in [0.25, 0.3) is 0 Å². The number of halogens is 1. The van der Waals surface area contributed by atoms with Crippen molar-refractivity contribution in [2.24, 2.45) is 35.0 Å². The van der Waals surface area contributed by atoms with Gasteiger partial charge in [0.2, 0.25) is 11.8 Å². The summed E-state index contributed by atoms with van der Waals surface area (Å²) in [5.74, 6) is 0.346. The van der Waals surface area contributed by atoms with E-state index in [1.165, 1.54) is 11.3 Å². The molecule has 1 saturated heterocycles. The van der Waals surface area contributed by atoms with Crippen molar-refractivity contribution in [2.75, 3.05) is 25.0 Å². The van der Waals surface area contributed by atoms with Gasteiger partial charge in [-0.2, -0.15) is 0 Å². The first-order valence-corrected chi connectivity index (χ1v) is 11.8. The van der Waals surface area contributed by atoms with Gasteiger partial charge < -0.3 is 16.0 Å². The minimum absolute atomic E-state index is 0.0575. The number of nitrogens with one attached hydrogen (secondary N) is 3. The number of thiazole rings is 1. The first-order chi connectivity index (χ1) is 13.6. The van der Waals surface area contributed by atoms with Crippen LogP contribution in [-0.2, 0) is 9.59 Å². The third-order valence-corrected chi connectivity index (χ3v) is 8.57. The molecule has 28 heavy (non-hydrogen) atoms. The smallest absolute Gasteiger partial charge is 0.230 e. The summed E-state index contributed by atoms with van der Waals surface area (Å²) in [6.45, 7) is 2.77. The Bertz CT molecular complexity index is 815. The number of carbonyl (C=O) groups is 2. The summed E-state index contributed by atoms with van der Waals surface area (Å²) in [4.78, 5) is 30.6. The second-order valence-corrected chi connectivity index (χ2v) is 11.0. The highest BCUT2D eigenvalue weighted by Gasteiger charge is 2.69. The van der Waals surface area contributed by atoms with Gasteiger partial charge in [0.15, 0.2) is 5.13 Å². The molecule has 1 aromatic heterocycles. The van der Waals surface area contributed by atoms with Crippen LogP contribution in [0.2, 0.25) is 0 Å². The van der Waals surface area contributed by atoms with E-state index in [1.54, 1.807) is 6.20 Å². The lowest BCUT2D eigenvalue weighted by atomic mass is 9.81. The van der Waals surface area contributed by atoms with E-state index in [-0.39, 0.29) is 40.9 Å². The molecule has 2 saturated carbocycles. The van der Waals surface area contributed by atoms with Crippen LogP contribution >= 0.6 is 27.3 Å². The predicted octanol–water partition coefficient (Wildman–Crippen LogP) is 2.79. The lowest BCUT2D eigenvalue weighted by Crippen LogP contribution is -2.44. The van der Waals surface area contributed by atoms with E-state index < -0.39 is 0 Å². The number of nitrogens with zero attached hydrogens (tertiary/aromatic N) is 1. The summed E-state index contributed by atoms with van der Waals surface area (Å²) in [5.41, 5.74) is 0.155. The Morgan fingerprint density at radius 1 is 1.18 bits per heavy atom. The lowest BCUT2D eigenvalue weighted by molar-refractivity contribution is -0.133. The van der Waals surface area contributed by atoms with Crippen LogP contribution in [0.15, 0.2) is 22.1 Å². The Hall–Kier alpha value is -1.25. The second-order valence-electron chi connectivity index (χ2n) is 8.62. The van der Waals surface area contributed by atoms with Gasteiger partial charge in [-0.25, -0.2) is 4.98 Å². The molecule has 3 N–H and O–H groups in total. The van der Waals surface area contributed by atoms with Gasteiger partial charge in [0.05, 0.1) is 21.8 Å². The average molecular weight is 465 g/mol. The molecule has 1 spiro atoms.